The third-order valence-electron chi connectivity index (χ3n) is 4.07. The number of nitrogens with zero attached hydrogens (tertiary/aromatic N) is 3. The van der Waals surface area contributed by atoms with Crippen LogP contribution in [0.3, 0.4) is 0 Å². The zero-order valence-corrected chi connectivity index (χ0v) is 17.3. The van der Waals surface area contributed by atoms with Crippen molar-refractivity contribution in [3.63, 3.8) is 0 Å². The van der Waals surface area contributed by atoms with Crippen molar-refractivity contribution < 1.29 is 0 Å². The van der Waals surface area contributed by atoms with E-state index < -0.39 is 0 Å². The van der Waals surface area contributed by atoms with Crippen LogP contribution in [0.5, 0.6) is 0 Å². The van der Waals surface area contributed by atoms with E-state index in [2.05, 4.69) is 29.3 Å². The first-order valence-electron chi connectivity index (χ1n) is 9.82. The van der Waals surface area contributed by atoms with Gasteiger partial charge in [-0.2, -0.15) is 0 Å². The van der Waals surface area contributed by atoms with Gasteiger partial charge in [-0.3, -0.25) is 0 Å². The van der Waals surface area contributed by atoms with Gasteiger partial charge in [0.05, 0.1) is 11.1 Å². The Morgan fingerprint density at radius 1 is 0.708 bits per heavy atom. The molecule has 0 aliphatic heterocycles. The molecule has 0 N–H and O–H groups in total. The van der Waals surface area contributed by atoms with Gasteiger partial charge >= 0.3 is 0 Å². The highest BCUT2D eigenvalue weighted by Crippen LogP contribution is 2.29. The minimum atomic E-state index is 1.08. The number of aromatic nitrogens is 3. The first-order valence-corrected chi connectivity index (χ1v) is 11.8. The SMILES string of the molecule is CCCCCCCCSc1cnnnc1SCCCCCCCC. The van der Waals surface area contributed by atoms with E-state index in [0.29, 0.717) is 0 Å². The molecule has 138 valence electrons. The zero-order valence-electron chi connectivity index (χ0n) is 15.6. The Bertz CT molecular complexity index is 365. The fourth-order valence-electron chi connectivity index (χ4n) is 2.56. The summed E-state index contributed by atoms with van der Waals surface area (Å²) in [4.78, 5) is 1.22. The molecule has 1 aromatic rings. The minimum Gasteiger partial charge on any atom is -0.137 e. The van der Waals surface area contributed by atoms with Gasteiger partial charge in [0.1, 0.15) is 5.03 Å². The van der Waals surface area contributed by atoms with Crippen LogP contribution in [-0.2, 0) is 0 Å². The molecule has 24 heavy (non-hydrogen) atoms. The Labute approximate surface area is 157 Å². The second-order valence-electron chi connectivity index (χ2n) is 6.34. The zero-order chi connectivity index (χ0) is 17.3. The normalized spacial score (nSPS) is 11.1. The molecule has 0 spiro atoms. The van der Waals surface area contributed by atoms with Crippen molar-refractivity contribution in [2.75, 3.05) is 11.5 Å². The lowest BCUT2D eigenvalue weighted by atomic mass is 10.1. The van der Waals surface area contributed by atoms with Crippen molar-refractivity contribution in [1.29, 1.82) is 0 Å². The Morgan fingerprint density at radius 3 is 1.88 bits per heavy atom. The van der Waals surface area contributed by atoms with Gasteiger partial charge in [-0.1, -0.05) is 78.1 Å². The van der Waals surface area contributed by atoms with E-state index in [9.17, 15) is 0 Å². The molecule has 0 bridgehead atoms. The summed E-state index contributed by atoms with van der Waals surface area (Å²) in [5.41, 5.74) is 0. The van der Waals surface area contributed by atoms with Crippen LogP contribution in [-0.4, -0.2) is 26.9 Å². The summed E-state index contributed by atoms with van der Waals surface area (Å²) in [7, 11) is 0. The predicted molar refractivity (Wildman–Crippen MR) is 108 cm³/mol. The second kappa shape index (κ2) is 16.2. The number of unbranched alkanes of at least 4 members (excludes halogenated alkanes) is 10. The van der Waals surface area contributed by atoms with Crippen molar-refractivity contribution >= 4 is 23.5 Å². The molecule has 0 aliphatic rings. The van der Waals surface area contributed by atoms with E-state index in [4.69, 9.17) is 0 Å². The quantitative estimate of drug-likeness (QED) is 0.237. The molecule has 0 amide bonds. The van der Waals surface area contributed by atoms with Crippen LogP contribution in [0.4, 0.5) is 0 Å². The highest BCUT2D eigenvalue weighted by atomic mass is 32.2. The summed E-state index contributed by atoms with van der Waals surface area (Å²) in [6.07, 6.45) is 18.1. The third kappa shape index (κ3) is 11.3. The smallest absolute Gasteiger partial charge is 0.136 e. The largest absolute Gasteiger partial charge is 0.137 e. The first kappa shape index (κ1) is 21.8. The van der Waals surface area contributed by atoms with Crippen LogP contribution < -0.4 is 0 Å². The predicted octanol–water partition coefficient (Wildman–Crippen LogP) is 6.78. The summed E-state index contributed by atoms with van der Waals surface area (Å²) in [5, 5.41) is 13.1. The highest BCUT2D eigenvalue weighted by Gasteiger charge is 2.06. The molecule has 1 rings (SSSR count). The van der Waals surface area contributed by atoms with Gasteiger partial charge in [0, 0.05) is 0 Å². The average Bonchev–Trinajstić information content (AvgIpc) is 2.61. The molecule has 0 aliphatic carbocycles. The van der Waals surface area contributed by atoms with E-state index >= 15 is 0 Å². The van der Waals surface area contributed by atoms with Crippen LogP contribution in [0.1, 0.15) is 90.9 Å². The van der Waals surface area contributed by atoms with Crippen molar-refractivity contribution in [3.8, 4) is 0 Å². The van der Waals surface area contributed by atoms with Gasteiger partial charge in [-0.05, 0) is 29.6 Å². The molecule has 0 unspecified atom stereocenters. The number of hydrogen-bond donors (Lipinski definition) is 0. The Kier molecular flexibility index (Phi) is 14.7. The second-order valence-corrected chi connectivity index (χ2v) is 8.56. The lowest BCUT2D eigenvalue weighted by Gasteiger charge is -2.06. The van der Waals surface area contributed by atoms with Gasteiger partial charge in [-0.15, -0.1) is 33.7 Å². The molecule has 0 saturated carbocycles. The van der Waals surface area contributed by atoms with Crippen LogP contribution in [0.2, 0.25) is 0 Å². The Morgan fingerprint density at radius 2 is 1.25 bits per heavy atom. The molecular weight excluding hydrogens is 334 g/mol. The highest BCUT2D eigenvalue weighted by molar-refractivity contribution is 8.02. The summed E-state index contributed by atoms with van der Waals surface area (Å²) in [5.74, 6) is 2.32. The minimum absolute atomic E-state index is 1.08. The molecule has 0 radical (unpaired) electrons. The fourth-order valence-corrected chi connectivity index (χ4v) is 4.60. The monoisotopic (exact) mass is 369 g/mol. The van der Waals surface area contributed by atoms with Crippen molar-refractivity contribution in [2.45, 2.75) is 101 Å². The standard InChI is InChI=1S/C19H35N3S2/c1-3-5-7-9-11-13-15-23-18-17-20-22-21-19(18)24-16-14-12-10-8-6-4-2/h17H,3-16H2,1-2H3. The maximum atomic E-state index is 4.25. The van der Waals surface area contributed by atoms with Gasteiger partial charge in [0.25, 0.3) is 0 Å². The molecule has 1 aromatic heterocycles. The molecule has 1 heterocycles. The van der Waals surface area contributed by atoms with Gasteiger partial charge in [0.2, 0.25) is 0 Å². The van der Waals surface area contributed by atoms with E-state index in [0.717, 1.165) is 10.8 Å². The summed E-state index contributed by atoms with van der Waals surface area (Å²) in [6.45, 7) is 4.53. The van der Waals surface area contributed by atoms with E-state index in [1.807, 2.05) is 29.7 Å². The van der Waals surface area contributed by atoms with E-state index in [-0.39, 0.29) is 0 Å². The summed E-state index contributed by atoms with van der Waals surface area (Å²) < 4.78 is 0. The average molecular weight is 370 g/mol. The lowest BCUT2D eigenvalue weighted by Crippen LogP contribution is -1.94. The maximum Gasteiger partial charge on any atom is 0.136 e. The molecule has 3 nitrogen and oxygen atoms in total. The molecule has 5 heteroatoms. The van der Waals surface area contributed by atoms with Crippen molar-refractivity contribution in [2.24, 2.45) is 0 Å². The molecular formula is C19H35N3S2. The number of hydrogen-bond acceptors (Lipinski definition) is 5. The molecule has 0 fully saturated rings. The fraction of sp³-hybridized carbons (Fsp3) is 0.842. The van der Waals surface area contributed by atoms with Gasteiger partial charge in [0.15, 0.2) is 0 Å². The Hall–Kier alpha value is -0.290. The molecule has 0 aromatic carbocycles. The molecule has 0 saturated heterocycles. The summed E-state index contributed by atoms with van der Waals surface area (Å²) >= 11 is 3.75. The van der Waals surface area contributed by atoms with Crippen LogP contribution in [0, 0.1) is 0 Å². The first-order chi connectivity index (χ1) is 11.9. The van der Waals surface area contributed by atoms with Crippen LogP contribution >= 0.6 is 23.5 Å². The summed E-state index contributed by atoms with van der Waals surface area (Å²) in [6, 6.07) is 0. The van der Waals surface area contributed by atoms with Gasteiger partial charge < -0.3 is 0 Å². The van der Waals surface area contributed by atoms with Gasteiger partial charge in [-0.25, -0.2) is 0 Å². The van der Waals surface area contributed by atoms with Crippen molar-refractivity contribution in [1.82, 2.24) is 15.4 Å². The van der Waals surface area contributed by atoms with Crippen LogP contribution in [0.15, 0.2) is 16.1 Å². The third-order valence-corrected chi connectivity index (χ3v) is 6.36. The lowest BCUT2D eigenvalue weighted by molar-refractivity contribution is 0.626. The number of thioether (sulfide) groups is 2. The maximum absolute atomic E-state index is 4.25. The topological polar surface area (TPSA) is 38.7 Å². The molecule has 0 atom stereocenters. The van der Waals surface area contributed by atoms with E-state index in [1.54, 1.807) is 0 Å². The number of rotatable bonds is 16. The van der Waals surface area contributed by atoms with E-state index in [1.165, 1.54) is 87.7 Å². The van der Waals surface area contributed by atoms with Crippen LogP contribution in [0.25, 0.3) is 0 Å². The van der Waals surface area contributed by atoms with Crippen molar-refractivity contribution in [3.05, 3.63) is 6.20 Å². The Balaban J connectivity index is 2.14.